The molecule has 0 aliphatic carbocycles. The maximum absolute atomic E-state index is 12.2. The van der Waals surface area contributed by atoms with E-state index in [2.05, 4.69) is 19.0 Å². The zero-order chi connectivity index (χ0) is 14.1. The van der Waals surface area contributed by atoms with Crippen LogP contribution in [0.15, 0.2) is 30.3 Å². The molecule has 0 aliphatic heterocycles. The molecule has 8 heteroatoms. The van der Waals surface area contributed by atoms with Gasteiger partial charge in [-0.3, -0.25) is 4.79 Å². The highest BCUT2D eigenvalue weighted by molar-refractivity contribution is 7.00. The van der Waals surface area contributed by atoms with E-state index in [0.29, 0.717) is 11.2 Å². The van der Waals surface area contributed by atoms with E-state index < -0.39 is 5.91 Å². The lowest BCUT2D eigenvalue weighted by atomic mass is 10.2. The first-order valence-electron chi connectivity index (χ1n) is 5.50. The van der Waals surface area contributed by atoms with E-state index in [0.717, 1.165) is 17.2 Å². The van der Waals surface area contributed by atoms with Gasteiger partial charge in [0, 0.05) is 0 Å². The van der Waals surface area contributed by atoms with Gasteiger partial charge in [0.15, 0.2) is 0 Å². The first kappa shape index (κ1) is 13.2. The maximum atomic E-state index is 12.2. The highest BCUT2D eigenvalue weighted by atomic mass is 35.5. The molecular formula is C12H6Cl2N4OS. The van der Waals surface area contributed by atoms with Crippen LogP contribution in [0.25, 0.3) is 11.0 Å². The fourth-order valence-corrected chi connectivity index (χ4v) is 2.55. The Morgan fingerprint density at radius 3 is 2.85 bits per heavy atom. The van der Waals surface area contributed by atoms with Crippen molar-refractivity contribution >= 4 is 57.6 Å². The third-order valence-corrected chi connectivity index (χ3v) is 3.62. The van der Waals surface area contributed by atoms with Crippen LogP contribution in [-0.2, 0) is 0 Å². The SMILES string of the molecule is O=C(Nc1cccc2nsnc12)c1nc(Cl)ccc1Cl. The number of hydrogen-bond acceptors (Lipinski definition) is 5. The summed E-state index contributed by atoms with van der Waals surface area (Å²) in [6.07, 6.45) is 0. The highest BCUT2D eigenvalue weighted by Gasteiger charge is 2.15. The molecule has 3 aromatic rings. The number of carbonyl (C=O) groups is 1. The molecule has 0 bridgehead atoms. The Labute approximate surface area is 127 Å². The Bertz CT molecular complexity index is 805. The molecule has 0 saturated heterocycles. The molecule has 5 nitrogen and oxygen atoms in total. The number of nitrogens with one attached hydrogen (secondary N) is 1. The zero-order valence-corrected chi connectivity index (χ0v) is 12.1. The predicted octanol–water partition coefficient (Wildman–Crippen LogP) is 3.65. The molecule has 3 rings (SSSR count). The minimum atomic E-state index is -0.446. The summed E-state index contributed by atoms with van der Waals surface area (Å²) >= 11 is 12.8. The van der Waals surface area contributed by atoms with Crippen LogP contribution in [-0.4, -0.2) is 19.6 Å². The monoisotopic (exact) mass is 324 g/mol. The molecule has 1 aromatic carbocycles. The number of benzene rings is 1. The molecule has 0 fully saturated rings. The van der Waals surface area contributed by atoms with Crippen LogP contribution in [0.5, 0.6) is 0 Å². The lowest BCUT2D eigenvalue weighted by Crippen LogP contribution is -2.14. The molecule has 0 radical (unpaired) electrons. The summed E-state index contributed by atoms with van der Waals surface area (Å²) in [6.45, 7) is 0. The topological polar surface area (TPSA) is 67.8 Å². The summed E-state index contributed by atoms with van der Waals surface area (Å²) in [5.74, 6) is -0.446. The van der Waals surface area contributed by atoms with Gasteiger partial charge in [-0.1, -0.05) is 29.3 Å². The van der Waals surface area contributed by atoms with Crippen LogP contribution < -0.4 is 5.32 Å². The lowest BCUT2D eigenvalue weighted by molar-refractivity contribution is 0.102. The van der Waals surface area contributed by atoms with Gasteiger partial charge in [0.2, 0.25) is 0 Å². The third kappa shape index (κ3) is 2.45. The fraction of sp³-hybridized carbons (Fsp3) is 0. The Hall–Kier alpha value is -1.76. The Morgan fingerprint density at radius 1 is 1.15 bits per heavy atom. The number of aromatic nitrogens is 3. The van der Waals surface area contributed by atoms with E-state index in [1.54, 1.807) is 12.1 Å². The molecule has 0 unspecified atom stereocenters. The van der Waals surface area contributed by atoms with Gasteiger partial charge in [-0.05, 0) is 24.3 Å². The van der Waals surface area contributed by atoms with Crippen molar-refractivity contribution in [3.8, 4) is 0 Å². The molecular weight excluding hydrogens is 319 g/mol. The van der Waals surface area contributed by atoms with E-state index >= 15 is 0 Å². The molecule has 0 spiro atoms. The first-order valence-corrected chi connectivity index (χ1v) is 6.98. The number of hydrogen-bond donors (Lipinski definition) is 1. The van der Waals surface area contributed by atoms with Crippen molar-refractivity contribution in [3.05, 3.63) is 46.2 Å². The number of halogens is 2. The number of rotatable bonds is 2. The summed E-state index contributed by atoms with van der Waals surface area (Å²) in [5, 5.41) is 3.15. The molecule has 0 aliphatic rings. The number of fused-ring (bicyclic) bond motifs is 1. The Balaban J connectivity index is 1.96. The van der Waals surface area contributed by atoms with Gasteiger partial charge in [-0.2, -0.15) is 8.75 Å². The summed E-state index contributed by atoms with van der Waals surface area (Å²) in [5.41, 5.74) is 1.97. The van der Waals surface area contributed by atoms with E-state index in [1.165, 1.54) is 12.1 Å². The van der Waals surface area contributed by atoms with Crippen LogP contribution in [0.3, 0.4) is 0 Å². The Morgan fingerprint density at radius 2 is 2.00 bits per heavy atom. The molecule has 20 heavy (non-hydrogen) atoms. The summed E-state index contributed by atoms with van der Waals surface area (Å²) in [7, 11) is 0. The average molecular weight is 325 g/mol. The van der Waals surface area contributed by atoms with Crippen molar-refractivity contribution in [1.29, 1.82) is 0 Å². The molecule has 2 heterocycles. The first-order chi connectivity index (χ1) is 9.65. The van der Waals surface area contributed by atoms with E-state index in [4.69, 9.17) is 23.2 Å². The normalized spacial score (nSPS) is 10.7. The average Bonchev–Trinajstić information content (AvgIpc) is 2.91. The van der Waals surface area contributed by atoms with Gasteiger partial charge < -0.3 is 5.32 Å². The van der Waals surface area contributed by atoms with Crippen LogP contribution in [0.1, 0.15) is 10.5 Å². The summed E-state index contributed by atoms with van der Waals surface area (Å²) in [6, 6.07) is 8.38. The van der Waals surface area contributed by atoms with Crippen molar-refractivity contribution in [2.75, 3.05) is 5.32 Å². The lowest BCUT2D eigenvalue weighted by Gasteiger charge is -2.06. The molecule has 0 atom stereocenters. The second-order valence-corrected chi connectivity index (χ2v) is 5.18. The Kier molecular flexibility index (Phi) is 3.52. The standard InChI is InChI=1S/C12H6Cl2N4OS/c13-6-4-5-9(14)16-10(6)12(19)15-7-2-1-3-8-11(7)18-20-17-8/h1-5H,(H,15,19). The molecule has 100 valence electrons. The minimum absolute atomic E-state index is 0.0689. The smallest absolute Gasteiger partial charge is 0.275 e. The second kappa shape index (κ2) is 5.32. The molecule has 2 aromatic heterocycles. The summed E-state index contributed by atoms with van der Waals surface area (Å²) in [4.78, 5) is 16.1. The largest absolute Gasteiger partial charge is 0.319 e. The highest BCUT2D eigenvalue weighted by Crippen LogP contribution is 2.23. The summed E-state index contributed by atoms with van der Waals surface area (Å²) < 4.78 is 8.25. The van der Waals surface area contributed by atoms with Crippen molar-refractivity contribution in [1.82, 2.24) is 13.7 Å². The number of pyridine rings is 1. The number of anilines is 1. The molecule has 1 amide bonds. The van der Waals surface area contributed by atoms with Gasteiger partial charge in [0.25, 0.3) is 5.91 Å². The maximum Gasteiger partial charge on any atom is 0.275 e. The quantitative estimate of drug-likeness (QED) is 0.730. The van der Waals surface area contributed by atoms with Crippen LogP contribution >= 0.6 is 34.9 Å². The van der Waals surface area contributed by atoms with Crippen LogP contribution in [0, 0.1) is 0 Å². The second-order valence-electron chi connectivity index (χ2n) is 3.86. The van der Waals surface area contributed by atoms with Gasteiger partial charge in [-0.15, -0.1) is 0 Å². The zero-order valence-electron chi connectivity index (χ0n) is 9.80. The predicted molar refractivity (Wildman–Crippen MR) is 79.6 cm³/mol. The van der Waals surface area contributed by atoms with E-state index in [1.807, 2.05) is 6.07 Å². The van der Waals surface area contributed by atoms with Crippen molar-refractivity contribution in [2.24, 2.45) is 0 Å². The van der Waals surface area contributed by atoms with E-state index in [9.17, 15) is 4.79 Å². The van der Waals surface area contributed by atoms with Gasteiger partial charge in [-0.25, -0.2) is 4.98 Å². The van der Waals surface area contributed by atoms with Gasteiger partial charge in [0.1, 0.15) is 21.9 Å². The van der Waals surface area contributed by atoms with Crippen molar-refractivity contribution < 1.29 is 4.79 Å². The number of carbonyl (C=O) groups excluding carboxylic acids is 1. The van der Waals surface area contributed by atoms with Crippen molar-refractivity contribution in [2.45, 2.75) is 0 Å². The fourth-order valence-electron chi connectivity index (χ4n) is 1.67. The molecule has 1 N–H and O–H groups in total. The minimum Gasteiger partial charge on any atom is -0.319 e. The molecule has 0 saturated carbocycles. The van der Waals surface area contributed by atoms with Crippen LogP contribution in [0.4, 0.5) is 5.69 Å². The van der Waals surface area contributed by atoms with Gasteiger partial charge in [0.05, 0.1) is 22.4 Å². The van der Waals surface area contributed by atoms with Crippen LogP contribution in [0.2, 0.25) is 10.2 Å². The number of nitrogens with zero attached hydrogens (tertiary/aromatic N) is 3. The number of amides is 1. The van der Waals surface area contributed by atoms with Gasteiger partial charge >= 0.3 is 0 Å². The third-order valence-electron chi connectivity index (χ3n) is 2.56. The van der Waals surface area contributed by atoms with E-state index in [-0.39, 0.29) is 15.9 Å². The van der Waals surface area contributed by atoms with Crippen molar-refractivity contribution in [3.63, 3.8) is 0 Å².